The Hall–Kier alpha value is -3.11. The minimum Gasteiger partial charge on any atom is -0.493 e. The third-order valence-corrected chi connectivity index (χ3v) is 6.13. The van der Waals surface area contributed by atoms with Crippen LogP contribution in [0.5, 0.6) is 17.2 Å². The Kier molecular flexibility index (Phi) is 6.23. The van der Waals surface area contributed by atoms with Crippen molar-refractivity contribution in [2.45, 2.75) is 30.7 Å². The van der Waals surface area contributed by atoms with E-state index in [2.05, 4.69) is 5.32 Å². The molecule has 1 aliphatic rings. The first-order chi connectivity index (χ1) is 14.6. The molecule has 10 heteroatoms. The Morgan fingerprint density at radius 1 is 1.10 bits per heavy atom. The van der Waals surface area contributed by atoms with Crippen molar-refractivity contribution in [3.8, 4) is 28.4 Å². The number of carbonyl (C=O) groups is 1. The van der Waals surface area contributed by atoms with Crippen LogP contribution in [0.4, 0.5) is 0 Å². The number of amides is 1. The Balaban J connectivity index is 2.47. The Morgan fingerprint density at radius 3 is 2.32 bits per heavy atom. The fraction of sp³-hybridized carbons (Fsp3) is 0.333. The molecule has 1 unspecified atom stereocenters. The Morgan fingerprint density at radius 2 is 1.77 bits per heavy atom. The fourth-order valence-electron chi connectivity index (χ4n) is 3.93. The number of sulfonamides is 1. The van der Waals surface area contributed by atoms with E-state index in [0.29, 0.717) is 46.8 Å². The van der Waals surface area contributed by atoms with Gasteiger partial charge < -0.3 is 19.5 Å². The van der Waals surface area contributed by atoms with Crippen LogP contribution in [-0.2, 0) is 21.2 Å². The van der Waals surface area contributed by atoms with Gasteiger partial charge in [-0.3, -0.25) is 9.59 Å². The summed E-state index contributed by atoms with van der Waals surface area (Å²) in [7, 11) is 0.216. The second kappa shape index (κ2) is 8.56. The molecule has 2 aromatic carbocycles. The molecule has 0 saturated heterocycles. The van der Waals surface area contributed by atoms with Crippen LogP contribution in [0, 0.1) is 0 Å². The molecule has 0 saturated carbocycles. The lowest BCUT2D eigenvalue weighted by Crippen LogP contribution is -2.27. The maximum absolute atomic E-state index is 12.7. The number of methoxy groups -OCH3 is 3. The lowest BCUT2D eigenvalue weighted by molar-refractivity contribution is -0.119. The highest BCUT2D eigenvalue weighted by Gasteiger charge is 2.29. The highest BCUT2D eigenvalue weighted by atomic mass is 32.2. The van der Waals surface area contributed by atoms with Crippen molar-refractivity contribution in [2.75, 3.05) is 21.3 Å². The summed E-state index contributed by atoms with van der Waals surface area (Å²) >= 11 is 0. The average molecular weight is 448 g/mol. The van der Waals surface area contributed by atoms with Crippen molar-refractivity contribution in [2.24, 2.45) is 5.14 Å². The molecule has 3 rings (SSSR count). The van der Waals surface area contributed by atoms with Crippen molar-refractivity contribution in [1.29, 1.82) is 0 Å². The number of benzene rings is 1. The topological polar surface area (TPSA) is 134 Å². The molecule has 3 N–H and O–H groups in total. The number of rotatable bonds is 5. The minimum atomic E-state index is -4.25. The molecular formula is C21H24N2O7S. The second-order valence-electron chi connectivity index (χ2n) is 7.09. The van der Waals surface area contributed by atoms with E-state index < -0.39 is 26.4 Å². The molecule has 2 aromatic rings. The summed E-state index contributed by atoms with van der Waals surface area (Å²) in [5.74, 6) is 0.910. The van der Waals surface area contributed by atoms with Gasteiger partial charge in [-0.05, 0) is 47.7 Å². The lowest BCUT2D eigenvalue weighted by atomic mass is 9.95. The first-order valence-electron chi connectivity index (χ1n) is 9.42. The number of nitrogens with two attached hydrogens (primary N) is 1. The molecule has 0 radical (unpaired) electrons. The molecule has 0 spiro atoms. The Bertz CT molecular complexity index is 1210. The summed E-state index contributed by atoms with van der Waals surface area (Å²) in [5, 5.41) is 8.08. The van der Waals surface area contributed by atoms with Crippen LogP contribution in [-0.4, -0.2) is 35.7 Å². The summed E-state index contributed by atoms with van der Waals surface area (Å²) < 4.78 is 40.5. The van der Waals surface area contributed by atoms with Crippen LogP contribution in [0.15, 0.2) is 34.0 Å². The molecule has 0 bridgehead atoms. The quantitative estimate of drug-likeness (QED) is 0.708. The lowest BCUT2D eigenvalue weighted by Gasteiger charge is -2.19. The monoisotopic (exact) mass is 448 g/mol. The molecule has 0 aliphatic heterocycles. The van der Waals surface area contributed by atoms with E-state index in [-0.39, 0.29) is 5.91 Å². The number of nitrogens with one attached hydrogen (secondary N) is 1. The molecule has 166 valence electrons. The summed E-state index contributed by atoms with van der Waals surface area (Å²) in [6.45, 7) is 1.38. The van der Waals surface area contributed by atoms with Crippen molar-refractivity contribution >= 4 is 15.9 Å². The van der Waals surface area contributed by atoms with Crippen LogP contribution >= 0.6 is 0 Å². The molecule has 9 nitrogen and oxygen atoms in total. The van der Waals surface area contributed by atoms with E-state index in [4.69, 9.17) is 19.3 Å². The van der Waals surface area contributed by atoms with Crippen LogP contribution in [0.2, 0.25) is 0 Å². The number of fused-ring (bicyclic) bond motifs is 3. The van der Waals surface area contributed by atoms with Gasteiger partial charge in [-0.2, -0.15) is 0 Å². The van der Waals surface area contributed by atoms with Gasteiger partial charge in [0.05, 0.1) is 27.4 Å². The van der Waals surface area contributed by atoms with Gasteiger partial charge >= 0.3 is 0 Å². The average Bonchev–Trinajstić information content (AvgIpc) is 2.95. The predicted octanol–water partition coefficient (Wildman–Crippen LogP) is 1.51. The third-order valence-electron chi connectivity index (χ3n) is 5.18. The second-order valence-corrected chi connectivity index (χ2v) is 8.62. The van der Waals surface area contributed by atoms with Crippen molar-refractivity contribution in [3.05, 3.63) is 45.6 Å². The van der Waals surface area contributed by atoms with Crippen molar-refractivity contribution in [1.82, 2.24) is 5.32 Å². The summed E-state index contributed by atoms with van der Waals surface area (Å²) in [6.07, 6.45) is 0.998. The highest BCUT2D eigenvalue weighted by Crippen LogP contribution is 2.50. The van der Waals surface area contributed by atoms with Crippen LogP contribution < -0.4 is 30.1 Å². The van der Waals surface area contributed by atoms with E-state index in [9.17, 15) is 18.0 Å². The predicted molar refractivity (Wildman–Crippen MR) is 114 cm³/mol. The minimum absolute atomic E-state index is 0.283. The smallest absolute Gasteiger partial charge is 0.241 e. The highest BCUT2D eigenvalue weighted by molar-refractivity contribution is 7.89. The van der Waals surface area contributed by atoms with Gasteiger partial charge in [-0.15, -0.1) is 0 Å². The van der Waals surface area contributed by atoms with Gasteiger partial charge in [0.1, 0.15) is 4.90 Å². The van der Waals surface area contributed by atoms with Crippen LogP contribution in [0.1, 0.15) is 30.5 Å². The molecular weight excluding hydrogens is 424 g/mol. The van der Waals surface area contributed by atoms with Gasteiger partial charge in [0.2, 0.25) is 21.7 Å². The SMILES string of the molecule is COc1cc2c(c(OC)c1OC)-c1ccc(S(N)(=O)=O)c(=O)cc1C(NC(C)=O)CC2. The summed E-state index contributed by atoms with van der Waals surface area (Å²) in [5.41, 5.74) is 1.68. The van der Waals surface area contributed by atoms with E-state index in [1.807, 2.05) is 6.07 Å². The number of carbonyl (C=O) groups excluding carboxylic acids is 1. The standard InChI is InChI=1S/C21H24N2O7S/c1-11(24)23-15-7-5-12-9-17(28-2)20(29-3)21(30-4)19(12)13-6-8-18(31(22,26)27)16(25)10-14(13)15/h6,8-10,15H,5,7H2,1-4H3,(H,23,24)(H2,22,26,27). The summed E-state index contributed by atoms with van der Waals surface area (Å²) in [4.78, 5) is 24.0. The number of aryl methyl sites for hydroxylation is 1. The molecule has 31 heavy (non-hydrogen) atoms. The van der Waals surface area contributed by atoms with Gasteiger partial charge in [0.25, 0.3) is 0 Å². The first-order valence-corrected chi connectivity index (χ1v) is 11.0. The third kappa shape index (κ3) is 4.21. The largest absolute Gasteiger partial charge is 0.493 e. The zero-order valence-corrected chi connectivity index (χ0v) is 18.5. The van der Waals surface area contributed by atoms with Crippen molar-refractivity contribution in [3.63, 3.8) is 0 Å². The summed E-state index contributed by atoms with van der Waals surface area (Å²) in [6, 6.07) is 5.16. The number of ether oxygens (including phenoxy) is 3. The van der Waals surface area contributed by atoms with Gasteiger partial charge in [-0.1, -0.05) is 6.07 Å². The van der Waals surface area contributed by atoms with E-state index >= 15 is 0 Å². The molecule has 0 fully saturated rings. The van der Waals surface area contributed by atoms with Gasteiger partial charge in [0, 0.05) is 12.5 Å². The molecule has 0 heterocycles. The van der Waals surface area contributed by atoms with Crippen LogP contribution in [0.3, 0.4) is 0 Å². The van der Waals surface area contributed by atoms with Crippen LogP contribution in [0.25, 0.3) is 11.1 Å². The van der Waals surface area contributed by atoms with Crippen molar-refractivity contribution < 1.29 is 27.4 Å². The van der Waals surface area contributed by atoms with Gasteiger partial charge in [0.15, 0.2) is 16.9 Å². The normalized spacial score (nSPS) is 15.2. The number of hydrogen-bond acceptors (Lipinski definition) is 7. The number of primary sulfonamides is 1. The zero-order chi connectivity index (χ0) is 22.9. The van der Waals surface area contributed by atoms with Gasteiger partial charge in [-0.25, -0.2) is 13.6 Å². The van der Waals surface area contributed by atoms with E-state index in [0.717, 1.165) is 5.56 Å². The van der Waals surface area contributed by atoms with E-state index in [1.165, 1.54) is 46.5 Å². The molecule has 0 aromatic heterocycles. The molecule has 1 aliphatic carbocycles. The maximum atomic E-state index is 12.7. The number of hydrogen-bond donors (Lipinski definition) is 2. The van der Waals surface area contributed by atoms with E-state index in [1.54, 1.807) is 0 Å². The molecule has 1 atom stereocenters. The molecule has 1 amide bonds. The maximum Gasteiger partial charge on any atom is 0.241 e. The first kappa shape index (κ1) is 22.6. The Labute approximate surface area is 180 Å². The fourth-order valence-corrected chi connectivity index (χ4v) is 4.53. The zero-order valence-electron chi connectivity index (χ0n) is 17.6.